The van der Waals surface area contributed by atoms with Crippen molar-refractivity contribution in [1.29, 1.82) is 0 Å². The Morgan fingerprint density at radius 3 is 2.33 bits per heavy atom. The molecule has 4 aliphatic carbocycles. The molecular formula is C18H22O3. The summed E-state index contributed by atoms with van der Waals surface area (Å²) >= 11 is 0. The lowest BCUT2D eigenvalue weighted by Crippen LogP contribution is -2.51. The Morgan fingerprint density at radius 2 is 1.76 bits per heavy atom. The summed E-state index contributed by atoms with van der Waals surface area (Å²) in [6.07, 6.45) is 7.05. The van der Waals surface area contributed by atoms with Gasteiger partial charge in [0.2, 0.25) is 0 Å². The quantitative estimate of drug-likeness (QED) is 0.685. The van der Waals surface area contributed by atoms with Crippen molar-refractivity contribution in [1.82, 2.24) is 0 Å². The number of hydrogen-bond donors (Lipinski definition) is 1. The first-order valence-electron chi connectivity index (χ1n) is 8.09. The zero-order valence-electron chi connectivity index (χ0n) is 12.3. The molecular weight excluding hydrogens is 264 g/mol. The van der Waals surface area contributed by atoms with E-state index in [1.807, 2.05) is 12.1 Å². The van der Waals surface area contributed by atoms with Crippen LogP contribution in [0, 0.1) is 23.2 Å². The minimum Gasteiger partial charge on any atom is -0.426 e. The molecule has 0 atom stereocenters. The highest BCUT2D eigenvalue weighted by Crippen LogP contribution is 2.60. The van der Waals surface area contributed by atoms with Crippen LogP contribution < -0.4 is 4.74 Å². The second-order valence-corrected chi connectivity index (χ2v) is 7.39. The van der Waals surface area contributed by atoms with E-state index in [2.05, 4.69) is 0 Å². The van der Waals surface area contributed by atoms with Gasteiger partial charge in [0.1, 0.15) is 5.75 Å². The van der Waals surface area contributed by atoms with E-state index < -0.39 is 0 Å². The summed E-state index contributed by atoms with van der Waals surface area (Å²) in [7, 11) is 0. The van der Waals surface area contributed by atoms with Gasteiger partial charge in [-0.05, 0) is 74.0 Å². The summed E-state index contributed by atoms with van der Waals surface area (Å²) in [5.74, 6) is 2.77. The third-order valence-corrected chi connectivity index (χ3v) is 5.76. The van der Waals surface area contributed by atoms with E-state index in [4.69, 9.17) is 4.74 Å². The lowest BCUT2D eigenvalue weighted by Gasteiger charge is -2.55. The highest BCUT2D eigenvalue weighted by atomic mass is 16.5. The van der Waals surface area contributed by atoms with Gasteiger partial charge in [0.25, 0.3) is 0 Å². The summed E-state index contributed by atoms with van der Waals surface area (Å²) in [5.41, 5.74) is 0.565. The molecule has 3 nitrogen and oxygen atoms in total. The number of rotatable bonds is 3. The van der Waals surface area contributed by atoms with Gasteiger partial charge in [-0.15, -0.1) is 0 Å². The molecule has 21 heavy (non-hydrogen) atoms. The number of carbonyl (C=O) groups is 1. The fourth-order valence-electron chi connectivity index (χ4n) is 5.28. The predicted octanol–water partition coefficient (Wildman–Crippen LogP) is 3.30. The number of ether oxygens (including phenoxy) is 1. The van der Waals surface area contributed by atoms with E-state index in [9.17, 15) is 9.90 Å². The lowest BCUT2D eigenvalue weighted by molar-refractivity contribution is -0.161. The van der Waals surface area contributed by atoms with Crippen LogP contribution >= 0.6 is 0 Å². The Kier molecular flexibility index (Phi) is 3.07. The second kappa shape index (κ2) is 4.84. The standard InChI is InChI=1S/C18H22O3/c19-11-12-2-1-3-16(7-12)21-17(20)18-8-13-4-14(9-18)6-15(5-13)10-18/h1-3,7,13-15,19H,4-6,8-11H2. The van der Waals surface area contributed by atoms with Crippen LogP contribution in [0.4, 0.5) is 0 Å². The maximum Gasteiger partial charge on any atom is 0.317 e. The highest BCUT2D eigenvalue weighted by Gasteiger charge is 2.55. The molecule has 1 aromatic rings. The summed E-state index contributed by atoms with van der Waals surface area (Å²) in [5, 5.41) is 9.19. The van der Waals surface area contributed by atoms with Gasteiger partial charge < -0.3 is 9.84 Å². The molecule has 4 saturated carbocycles. The summed E-state index contributed by atoms with van der Waals surface area (Å²) < 4.78 is 5.69. The van der Waals surface area contributed by atoms with Crippen LogP contribution in [-0.4, -0.2) is 11.1 Å². The van der Waals surface area contributed by atoms with Crippen LogP contribution in [0.15, 0.2) is 24.3 Å². The number of hydrogen-bond acceptors (Lipinski definition) is 3. The van der Waals surface area contributed by atoms with Crippen molar-refractivity contribution in [3.8, 4) is 5.75 Å². The molecule has 3 heteroatoms. The van der Waals surface area contributed by atoms with E-state index >= 15 is 0 Å². The van der Waals surface area contributed by atoms with Crippen molar-refractivity contribution >= 4 is 5.97 Å². The first-order chi connectivity index (χ1) is 10.2. The molecule has 0 spiro atoms. The van der Waals surface area contributed by atoms with Gasteiger partial charge in [0, 0.05) is 0 Å². The Morgan fingerprint density at radius 1 is 1.14 bits per heavy atom. The Bertz CT molecular complexity index is 528. The highest BCUT2D eigenvalue weighted by molar-refractivity contribution is 5.79. The molecule has 0 aliphatic heterocycles. The molecule has 1 N–H and O–H groups in total. The van der Waals surface area contributed by atoms with Gasteiger partial charge in [0.05, 0.1) is 12.0 Å². The topological polar surface area (TPSA) is 46.5 Å². The minimum absolute atomic E-state index is 0.0250. The van der Waals surface area contributed by atoms with Gasteiger partial charge in [0.15, 0.2) is 0 Å². The van der Waals surface area contributed by atoms with Crippen LogP contribution in [0.5, 0.6) is 5.75 Å². The maximum absolute atomic E-state index is 12.8. The number of aliphatic hydroxyl groups is 1. The number of benzene rings is 1. The van der Waals surface area contributed by atoms with Crippen molar-refractivity contribution in [3.05, 3.63) is 29.8 Å². The zero-order valence-corrected chi connectivity index (χ0v) is 12.3. The molecule has 0 radical (unpaired) electrons. The van der Waals surface area contributed by atoms with Crippen LogP contribution in [0.25, 0.3) is 0 Å². The van der Waals surface area contributed by atoms with E-state index in [-0.39, 0.29) is 18.0 Å². The van der Waals surface area contributed by atoms with Crippen molar-refractivity contribution in [2.24, 2.45) is 23.2 Å². The summed E-state index contributed by atoms with van der Waals surface area (Å²) in [4.78, 5) is 12.8. The van der Waals surface area contributed by atoms with Gasteiger partial charge in [-0.2, -0.15) is 0 Å². The van der Waals surface area contributed by atoms with E-state index in [0.29, 0.717) is 5.75 Å². The van der Waals surface area contributed by atoms with Crippen LogP contribution in [-0.2, 0) is 11.4 Å². The normalized spacial score (nSPS) is 36.7. The van der Waals surface area contributed by atoms with Crippen molar-refractivity contribution in [2.75, 3.05) is 0 Å². The van der Waals surface area contributed by atoms with Crippen LogP contribution in [0.1, 0.15) is 44.1 Å². The van der Waals surface area contributed by atoms with Crippen molar-refractivity contribution in [2.45, 2.75) is 45.1 Å². The number of carbonyl (C=O) groups excluding carboxylic acids is 1. The second-order valence-electron chi connectivity index (χ2n) is 7.39. The molecule has 0 unspecified atom stereocenters. The molecule has 5 rings (SSSR count). The van der Waals surface area contributed by atoms with Gasteiger partial charge >= 0.3 is 5.97 Å². The maximum atomic E-state index is 12.8. The van der Waals surface area contributed by atoms with Gasteiger partial charge in [-0.3, -0.25) is 4.79 Å². The molecule has 1 aromatic carbocycles. The lowest BCUT2D eigenvalue weighted by atomic mass is 9.49. The monoisotopic (exact) mass is 286 g/mol. The molecule has 112 valence electrons. The number of aliphatic hydroxyl groups excluding tert-OH is 1. The SMILES string of the molecule is O=C(Oc1cccc(CO)c1)C12CC3CC(CC(C3)C1)C2. The zero-order chi connectivity index (χ0) is 14.4. The van der Waals surface area contributed by atoms with Crippen molar-refractivity contribution < 1.29 is 14.6 Å². The molecule has 4 aliphatic rings. The molecule has 0 amide bonds. The third-order valence-electron chi connectivity index (χ3n) is 5.76. The minimum atomic E-state index is -0.218. The first-order valence-corrected chi connectivity index (χ1v) is 8.09. The van der Waals surface area contributed by atoms with Gasteiger partial charge in [-0.1, -0.05) is 12.1 Å². The van der Waals surface area contributed by atoms with Crippen LogP contribution in [0.3, 0.4) is 0 Å². The van der Waals surface area contributed by atoms with E-state index in [0.717, 1.165) is 42.6 Å². The Hall–Kier alpha value is -1.35. The Labute approximate surface area is 125 Å². The summed E-state index contributed by atoms with van der Waals surface area (Å²) in [6, 6.07) is 7.23. The van der Waals surface area contributed by atoms with E-state index in [1.54, 1.807) is 12.1 Å². The molecule has 0 saturated heterocycles. The predicted molar refractivity (Wildman–Crippen MR) is 78.6 cm³/mol. The molecule has 0 aromatic heterocycles. The largest absolute Gasteiger partial charge is 0.426 e. The molecule has 0 heterocycles. The average molecular weight is 286 g/mol. The third kappa shape index (κ3) is 2.28. The van der Waals surface area contributed by atoms with Gasteiger partial charge in [-0.25, -0.2) is 0 Å². The number of esters is 1. The first kappa shape index (κ1) is 13.3. The summed E-state index contributed by atoms with van der Waals surface area (Å²) in [6.45, 7) is -0.0250. The fourth-order valence-corrected chi connectivity index (χ4v) is 5.28. The van der Waals surface area contributed by atoms with Crippen molar-refractivity contribution in [3.63, 3.8) is 0 Å². The smallest absolute Gasteiger partial charge is 0.317 e. The Balaban J connectivity index is 1.54. The van der Waals surface area contributed by atoms with E-state index in [1.165, 1.54) is 19.3 Å². The molecule has 4 bridgehead atoms. The molecule has 4 fully saturated rings. The fraction of sp³-hybridized carbons (Fsp3) is 0.611. The average Bonchev–Trinajstić information content (AvgIpc) is 2.46. The van der Waals surface area contributed by atoms with Crippen LogP contribution in [0.2, 0.25) is 0 Å².